The number of nitrogens with one attached hydrogen (secondary N) is 2. The molecule has 0 fully saturated rings. The van der Waals surface area contributed by atoms with Crippen molar-refractivity contribution in [2.24, 2.45) is 5.73 Å². The first kappa shape index (κ1) is 38.9. The molecule has 0 bridgehead atoms. The molecule has 0 unspecified atom stereocenters. The zero-order valence-corrected chi connectivity index (χ0v) is 27.6. The number of rotatable bonds is 8. The lowest BCUT2D eigenvalue weighted by Gasteiger charge is -2.04. The number of ether oxygens (including phenoxy) is 1. The van der Waals surface area contributed by atoms with E-state index in [1.165, 1.54) is 31.4 Å². The second-order valence-corrected chi connectivity index (χ2v) is 10.5. The van der Waals surface area contributed by atoms with Crippen molar-refractivity contribution in [1.82, 2.24) is 16.8 Å². The van der Waals surface area contributed by atoms with Gasteiger partial charge in [0.25, 0.3) is 5.91 Å². The number of carbonyl (C=O) groups is 2. The number of carbonyl (C=O) groups excluding carboxylic acids is 2. The number of furan rings is 2. The van der Waals surface area contributed by atoms with E-state index in [9.17, 15) is 27.2 Å². The number of aliphatic hydroxyl groups excluding tert-OH is 1. The quantitative estimate of drug-likeness (QED) is 0.0842. The molecule has 2 heterocycles. The third kappa shape index (κ3) is 8.54. The highest BCUT2D eigenvalue weighted by Crippen LogP contribution is 2.33. The molecule has 0 aliphatic carbocycles. The van der Waals surface area contributed by atoms with Gasteiger partial charge in [0.2, 0.25) is 0 Å². The molecular formula is C36H36F4N4O6. The van der Waals surface area contributed by atoms with Gasteiger partial charge in [-0.25, -0.2) is 22.4 Å². The first-order valence-corrected chi connectivity index (χ1v) is 14.7. The van der Waals surface area contributed by atoms with Crippen LogP contribution in [0, 0.1) is 23.3 Å². The van der Waals surface area contributed by atoms with Gasteiger partial charge in [-0.15, -0.1) is 0 Å². The Bertz CT molecular complexity index is 2130. The van der Waals surface area contributed by atoms with Crippen LogP contribution < -0.4 is 22.5 Å². The highest BCUT2D eigenvalue weighted by molar-refractivity contribution is 6.05. The zero-order chi connectivity index (χ0) is 35.8. The first-order chi connectivity index (χ1) is 23.5. The lowest BCUT2D eigenvalue weighted by atomic mass is 10.1. The Kier molecular flexibility index (Phi) is 13.4. The summed E-state index contributed by atoms with van der Waals surface area (Å²) in [4.78, 5) is 23.2. The van der Waals surface area contributed by atoms with Crippen molar-refractivity contribution in [1.29, 1.82) is 0 Å². The number of primary amides is 1. The van der Waals surface area contributed by atoms with Gasteiger partial charge >= 0.3 is 5.97 Å². The fourth-order valence-corrected chi connectivity index (χ4v) is 5.03. The van der Waals surface area contributed by atoms with E-state index >= 15 is 0 Å². The van der Waals surface area contributed by atoms with Gasteiger partial charge in [-0.05, 0) is 62.6 Å². The first-order valence-electron chi connectivity index (χ1n) is 14.7. The minimum Gasteiger partial charge on any atom is -0.465 e. The van der Waals surface area contributed by atoms with Crippen LogP contribution in [0.25, 0.3) is 44.6 Å². The number of hydrogen-bond donors (Lipinski definition) is 5. The van der Waals surface area contributed by atoms with Gasteiger partial charge in [0.15, 0.2) is 0 Å². The SMILES string of the molecule is CNCc1ccc(-c2cc3cc(F)cc(C(=O)OC)c3o2)cc1F.CNCc1ccc(-c2cc3cc(F)cc(C(N)=O)c3o2)cc1F.CO.N. The topological polar surface area (TPSA) is 175 Å². The second-order valence-electron chi connectivity index (χ2n) is 10.5. The number of hydrogen-bond acceptors (Lipinski definition) is 9. The van der Waals surface area contributed by atoms with Gasteiger partial charge < -0.3 is 41.2 Å². The Balaban J connectivity index is 0.000000253. The molecule has 6 rings (SSSR count). The molecule has 14 heteroatoms. The van der Waals surface area contributed by atoms with Gasteiger partial charge in [-0.1, -0.05) is 24.3 Å². The van der Waals surface area contributed by atoms with Crippen molar-refractivity contribution < 1.29 is 45.8 Å². The van der Waals surface area contributed by atoms with Crippen molar-refractivity contribution >= 4 is 33.8 Å². The maximum absolute atomic E-state index is 14.1. The molecule has 264 valence electrons. The van der Waals surface area contributed by atoms with Crippen molar-refractivity contribution in [3.8, 4) is 22.6 Å². The molecule has 10 nitrogen and oxygen atoms in total. The minimum atomic E-state index is -0.786. The number of amides is 1. The van der Waals surface area contributed by atoms with Crippen LogP contribution in [0.15, 0.2) is 81.6 Å². The normalized spacial score (nSPS) is 10.5. The summed E-state index contributed by atoms with van der Waals surface area (Å²) in [6, 6.07) is 17.1. The molecule has 0 saturated carbocycles. The lowest BCUT2D eigenvalue weighted by Crippen LogP contribution is -2.11. The summed E-state index contributed by atoms with van der Waals surface area (Å²) in [5, 5.41) is 13.6. The van der Waals surface area contributed by atoms with Gasteiger partial charge in [0, 0.05) is 53.2 Å². The molecule has 2 aromatic heterocycles. The van der Waals surface area contributed by atoms with Gasteiger partial charge in [0.1, 0.15) is 51.5 Å². The van der Waals surface area contributed by atoms with E-state index < -0.39 is 23.5 Å². The van der Waals surface area contributed by atoms with Gasteiger partial charge in [-0.2, -0.15) is 0 Å². The van der Waals surface area contributed by atoms with Crippen LogP contribution in [-0.2, 0) is 17.8 Å². The predicted molar refractivity (Wildman–Crippen MR) is 182 cm³/mol. The summed E-state index contributed by atoms with van der Waals surface area (Å²) >= 11 is 0. The molecule has 6 aromatic rings. The number of benzene rings is 4. The minimum absolute atomic E-state index is 0. The molecule has 0 spiro atoms. The monoisotopic (exact) mass is 696 g/mol. The van der Waals surface area contributed by atoms with E-state index in [4.69, 9.17) is 19.7 Å². The van der Waals surface area contributed by atoms with Crippen LogP contribution in [0.4, 0.5) is 17.6 Å². The van der Waals surface area contributed by atoms with E-state index in [1.807, 2.05) is 0 Å². The predicted octanol–water partition coefficient (Wildman–Crippen LogP) is 6.85. The summed E-state index contributed by atoms with van der Waals surface area (Å²) in [6.45, 7) is 0.813. The number of nitrogens with two attached hydrogens (primary N) is 1. The number of methoxy groups -OCH3 is 1. The molecule has 0 aliphatic rings. The summed E-state index contributed by atoms with van der Waals surface area (Å²) in [5.41, 5.74) is 7.63. The molecule has 1 amide bonds. The van der Waals surface area contributed by atoms with Gasteiger partial charge in [-0.3, -0.25) is 4.79 Å². The summed E-state index contributed by atoms with van der Waals surface area (Å²) < 4.78 is 71.3. The number of fused-ring (bicyclic) bond motifs is 2. The van der Waals surface area contributed by atoms with E-state index in [0.717, 1.165) is 19.2 Å². The largest absolute Gasteiger partial charge is 0.465 e. The van der Waals surface area contributed by atoms with Crippen LogP contribution in [0.3, 0.4) is 0 Å². The van der Waals surface area contributed by atoms with E-state index in [1.54, 1.807) is 50.5 Å². The number of halogens is 4. The van der Waals surface area contributed by atoms with E-state index in [-0.39, 0.29) is 40.1 Å². The average molecular weight is 697 g/mol. The highest BCUT2D eigenvalue weighted by atomic mass is 19.1. The number of esters is 1. The summed E-state index contributed by atoms with van der Waals surface area (Å²) in [5.74, 6) is -2.72. The highest BCUT2D eigenvalue weighted by Gasteiger charge is 2.19. The third-order valence-electron chi connectivity index (χ3n) is 7.24. The second kappa shape index (κ2) is 17.2. The van der Waals surface area contributed by atoms with Crippen LogP contribution in [0.1, 0.15) is 31.8 Å². The molecule has 50 heavy (non-hydrogen) atoms. The average Bonchev–Trinajstić information content (AvgIpc) is 3.71. The smallest absolute Gasteiger partial charge is 0.341 e. The summed E-state index contributed by atoms with van der Waals surface area (Å²) in [7, 11) is 5.67. The van der Waals surface area contributed by atoms with Crippen LogP contribution in [0.2, 0.25) is 0 Å². The molecule has 0 saturated heterocycles. The number of aliphatic hydroxyl groups is 1. The maximum atomic E-state index is 14.1. The molecule has 0 aliphatic heterocycles. The molecule has 4 aromatic carbocycles. The Hall–Kier alpha value is -5.54. The van der Waals surface area contributed by atoms with Crippen molar-refractivity contribution in [3.63, 3.8) is 0 Å². The zero-order valence-electron chi connectivity index (χ0n) is 27.6. The van der Waals surface area contributed by atoms with Crippen LogP contribution in [-0.4, -0.2) is 45.3 Å². The fraction of sp³-hybridized carbons (Fsp3) is 0.167. The molecule has 0 atom stereocenters. The molecule has 8 N–H and O–H groups in total. The Labute approximate surface area is 284 Å². The standard InChI is InChI=1S/C18H15F2NO3.C17H14F2N2O2.CH4O.H3N/c1-21-9-11-4-3-10(6-15(11)20)16-7-12-5-13(19)8-14(17(12)24-16)18(22)23-2;1-21-8-10-3-2-9(5-14(10)19)15-6-11-4-12(18)7-13(17(20)22)16(11)23-15;1-2;/h3-8,21H,9H2,1-2H3;2-7,21H,8H2,1H3,(H2,20,22);2H,1H3;1H3. The third-order valence-corrected chi connectivity index (χ3v) is 7.24. The Morgan fingerprint density at radius 1 is 0.700 bits per heavy atom. The van der Waals surface area contributed by atoms with Crippen molar-refractivity contribution in [3.05, 3.63) is 118 Å². The van der Waals surface area contributed by atoms with Crippen LogP contribution >= 0.6 is 0 Å². The van der Waals surface area contributed by atoms with E-state index in [2.05, 4.69) is 15.4 Å². The molecular weight excluding hydrogens is 660 g/mol. The van der Waals surface area contributed by atoms with E-state index in [0.29, 0.717) is 57.6 Å². The van der Waals surface area contributed by atoms with Crippen molar-refractivity contribution in [2.45, 2.75) is 13.1 Å². The Morgan fingerprint density at radius 3 is 1.50 bits per heavy atom. The maximum Gasteiger partial charge on any atom is 0.341 e. The van der Waals surface area contributed by atoms with Crippen LogP contribution in [0.5, 0.6) is 0 Å². The Morgan fingerprint density at radius 2 is 1.12 bits per heavy atom. The molecule has 0 radical (unpaired) electrons. The van der Waals surface area contributed by atoms with Crippen molar-refractivity contribution in [2.75, 3.05) is 28.3 Å². The summed E-state index contributed by atoms with van der Waals surface area (Å²) in [6.07, 6.45) is 0. The fourth-order valence-electron chi connectivity index (χ4n) is 5.03. The van der Waals surface area contributed by atoms with Gasteiger partial charge in [0.05, 0.1) is 12.7 Å². The lowest BCUT2D eigenvalue weighted by molar-refractivity contribution is 0.0601.